The average molecular weight is 687 g/mol. The lowest BCUT2D eigenvalue weighted by Crippen LogP contribution is -2.50. The smallest absolute Gasteiger partial charge is 0.193 e. The van der Waals surface area contributed by atoms with E-state index in [0.717, 1.165) is 54.9 Å². The van der Waals surface area contributed by atoms with Gasteiger partial charge in [0.2, 0.25) is 0 Å². The highest BCUT2D eigenvalue weighted by atomic mass is 28.4. The minimum Gasteiger partial charge on any atom is -0.407 e. The third-order valence-corrected chi connectivity index (χ3v) is 17.9. The Morgan fingerprint density at radius 3 is 2.23 bits per heavy atom. The molecule has 3 rings (SSSR count). The fraction of sp³-hybridized carbons (Fsp3) is 0.857. The maximum Gasteiger partial charge on any atom is 0.193 e. The molecular formula is C42H78O3Si2. The number of allylic oxidation sites excluding steroid dienone is 3. The van der Waals surface area contributed by atoms with E-state index in [0.29, 0.717) is 5.41 Å². The molecule has 0 N–H and O–H groups in total. The van der Waals surface area contributed by atoms with E-state index < -0.39 is 17.4 Å². The summed E-state index contributed by atoms with van der Waals surface area (Å²) in [5, 5.41) is 0.117. The van der Waals surface area contributed by atoms with Gasteiger partial charge in [0.05, 0.1) is 12.2 Å². The van der Waals surface area contributed by atoms with Crippen molar-refractivity contribution in [3.05, 3.63) is 35.5 Å². The number of hydrogen-bond donors (Lipinski definition) is 0. The molecular weight excluding hydrogens is 609 g/mol. The highest BCUT2D eigenvalue weighted by Crippen LogP contribution is 2.60. The lowest BCUT2D eigenvalue weighted by atomic mass is 9.60. The molecule has 3 saturated carbocycles. The monoisotopic (exact) mass is 687 g/mol. The van der Waals surface area contributed by atoms with Crippen LogP contribution in [0.4, 0.5) is 0 Å². The van der Waals surface area contributed by atoms with Crippen LogP contribution in [0, 0.1) is 34.5 Å². The van der Waals surface area contributed by atoms with Gasteiger partial charge < -0.3 is 13.6 Å². The van der Waals surface area contributed by atoms with Crippen LogP contribution in [-0.2, 0) is 13.6 Å². The summed E-state index contributed by atoms with van der Waals surface area (Å²) in [6.07, 6.45) is 19.6. The molecule has 0 spiro atoms. The number of hydrogen-bond acceptors (Lipinski definition) is 3. The van der Waals surface area contributed by atoms with Crippen LogP contribution in [0.15, 0.2) is 35.5 Å². The van der Waals surface area contributed by atoms with Crippen LogP contribution in [0.2, 0.25) is 31.2 Å². The summed E-state index contributed by atoms with van der Waals surface area (Å²) in [5.41, 5.74) is 4.92. The van der Waals surface area contributed by atoms with Crippen molar-refractivity contribution in [2.75, 3.05) is 0 Å². The van der Waals surface area contributed by atoms with Gasteiger partial charge in [0.1, 0.15) is 6.29 Å². The van der Waals surface area contributed by atoms with Crippen molar-refractivity contribution in [3.8, 4) is 0 Å². The molecule has 5 heteroatoms. The molecule has 0 radical (unpaired) electrons. The van der Waals surface area contributed by atoms with Crippen LogP contribution in [0.5, 0.6) is 0 Å². The molecule has 0 aliphatic heterocycles. The molecule has 0 aromatic rings. The topological polar surface area (TPSA) is 27.7 Å². The number of ether oxygens (including phenoxy) is 1. The zero-order valence-electron chi connectivity index (χ0n) is 33.7. The zero-order chi connectivity index (χ0) is 35.4. The molecule has 3 unspecified atom stereocenters. The first kappa shape index (κ1) is 41.0. The molecule has 0 aromatic carbocycles. The summed E-state index contributed by atoms with van der Waals surface area (Å²) >= 11 is 0. The third kappa shape index (κ3) is 11.3. The molecule has 0 bridgehead atoms. The van der Waals surface area contributed by atoms with E-state index in [1.165, 1.54) is 56.9 Å². The van der Waals surface area contributed by atoms with E-state index in [1.807, 2.05) is 0 Å². The third-order valence-electron chi connectivity index (χ3n) is 12.6. The van der Waals surface area contributed by atoms with Gasteiger partial charge in [0.15, 0.2) is 17.4 Å². The van der Waals surface area contributed by atoms with Gasteiger partial charge in [-0.05, 0) is 135 Å². The Labute approximate surface area is 296 Å². The summed E-state index contributed by atoms with van der Waals surface area (Å²) in [6.45, 7) is 37.9. The fourth-order valence-electron chi connectivity index (χ4n) is 8.68. The Morgan fingerprint density at radius 2 is 1.64 bits per heavy atom. The Kier molecular flexibility index (Phi) is 14.6. The standard InChI is InChI=1S/C42H78O3Si2/c1-30(2)18-16-19-31(3)35-24-25-36-34(20-17-28-42(35,36)11)22-21-33-23-26-37(39(32(33)4)45-47(14,15)41(8,9)10)43-38(44-46(12)13)27-29-40(5,6)7/h21-22,30-31,35-39,46H,4,16-20,23-29H2,1-3,5-15H3/b33-21-,34-22+/t31-,35-,36+,37?,38?,39?,42-/m1/s1. The van der Waals surface area contributed by atoms with Gasteiger partial charge in [-0.15, -0.1) is 0 Å². The minimum atomic E-state index is -2.07. The van der Waals surface area contributed by atoms with Crippen molar-refractivity contribution in [2.45, 2.75) is 196 Å². The predicted molar refractivity (Wildman–Crippen MR) is 210 cm³/mol. The van der Waals surface area contributed by atoms with Gasteiger partial charge in [0, 0.05) is 0 Å². The molecule has 3 nitrogen and oxygen atoms in total. The second-order valence-electron chi connectivity index (χ2n) is 19.6. The van der Waals surface area contributed by atoms with Crippen molar-refractivity contribution >= 4 is 17.4 Å². The SMILES string of the molecule is C=C1/C(=C\C=C2/CCC[C@]3(C)[C@@H]([C@H](C)CCCC(C)C)CC[C@@H]23)CCC(OC(CCC(C)(C)C)O[SiH](C)C)C1O[Si](C)(C)C(C)(C)C. The molecule has 47 heavy (non-hydrogen) atoms. The predicted octanol–water partition coefficient (Wildman–Crippen LogP) is 12.8. The van der Waals surface area contributed by atoms with Gasteiger partial charge >= 0.3 is 0 Å². The van der Waals surface area contributed by atoms with E-state index in [1.54, 1.807) is 5.57 Å². The molecule has 3 fully saturated rings. The van der Waals surface area contributed by atoms with Gasteiger partial charge in [-0.1, -0.05) is 113 Å². The van der Waals surface area contributed by atoms with Crippen LogP contribution >= 0.6 is 0 Å². The maximum atomic E-state index is 7.22. The van der Waals surface area contributed by atoms with E-state index in [9.17, 15) is 0 Å². The molecule has 0 saturated heterocycles. The molecule has 0 amide bonds. The quantitative estimate of drug-likeness (QED) is 0.134. The molecule has 7 atom stereocenters. The van der Waals surface area contributed by atoms with Crippen molar-refractivity contribution in [1.29, 1.82) is 0 Å². The summed E-state index contributed by atoms with van der Waals surface area (Å²) in [4.78, 5) is 0. The normalized spacial score (nSPS) is 30.9. The van der Waals surface area contributed by atoms with Crippen molar-refractivity contribution in [2.24, 2.45) is 34.5 Å². The molecule has 272 valence electrons. The molecule has 3 aliphatic carbocycles. The maximum absolute atomic E-state index is 7.22. The van der Waals surface area contributed by atoms with Crippen molar-refractivity contribution in [1.82, 2.24) is 0 Å². The first-order chi connectivity index (χ1) is 21.6. The second kappa shape index (κ2) is 16.7. The van der Waals surface area contributed by atoms with Crippen molar-refractivity contribution in [3.63, 3.8) is 0 Å². The lowest BCUT2D eigenvalue weighted by molar-refractivity contribution is -0.154. The lowest BCUT2D eigenvalue weighted by Gasteiger charge is -2.45. The first-order valence-electron chi connectivity index (χ1n) is 19.7. The second-order valence-corrected chi connectivity index (χ2v) is 26.7. The van der Waals surface area contributed by atoms with E-state index in [2.05, 4.69) is 108 Å². The highest BCUT2D eigenvalue weighted by Gasteiger charge is 2.50. The summed E-state index contributed by atoms with van der Waals surface area (Å²) < 4.78 is 20.7. The summed E-state index contributed by atoms with van der Waals surface area (Å²) in [7, 11) is -3.34. The van der Waals surface area contributed by atoms with Crippen molar-refractivity contribution < 1.29 is 13.6 Å². The van der Waals surface area contributed by atoms with Crippen LogP contribution in [-0.4, -0.2) is 35.9 Å². The highest BCUT2D eigenvalue weighted by molar-refractivity contribution is 6.74. The van der Waals surface area contributed by atoms with E-state index in [4.69, 9.17) is 20.2 Å². The molecule has 3 aliphatic rings. The Morgan fingerprint density at radius 1 is 0.957 bits per heavy atom. The van der Waals surface area contributed by atoms with E-state index in [-0.39, 0.29) is 29.0 Å². The molecule has 0 heterocycles. The minimum absolute atomic E-state index is 0.0232. The summed E-state index contributed by atoms with van der Waals surface area (Å²) in [6, 6.07) is 0. The largest absolute Gasteiger partial charge is 0.407 e. The number of rotatable bonds is 14. The van der Waals surface area contributed by atoms with Gasteiger partial charge in [0.25, 0.3) is 0 Å². The number of fused-ring (bicyclic) bond motifs is 1. The average Bonchev–Trinajstić information content (AvgIpc) is 3.29. The van der Waals surface area contributed by atoms with Crippen LogP contribution in [0.1, 0.15) is 146 Å². The Hall–Kier alpha value is -0.466. The van der Waals surface area contributed by atoms with Gasteiger partial charge in [-0.2, -0.15) is 0 Å². The van der Waals surface area contributed by atoms with Crippen LogP contribution < -0.4 is 0 Å². The summed E-state index contributed by atoms with van der Waals surface area (Å²) in [5.74, 6) is 3.25. The fourth-order valence-corrected chi connectivity index (χ4v) is 10.8. The van der Waals surface area contributed by atoms with Crippen LogP contribution in [0.3, 0.4) is 0 Å². The van der Waals surface area contributed by atoms with Gasteiger partial charge in [-0.25, -0.2) is 0 Å². The van der Waals surface area contributed by atoms with Crippen LogP contribution in [0.25, 0.3) is 0 Å². The van der Waals surface area contributed by atoms with E-state index >= 15 is 0 Å². The van der Waals surface area contributed by atoms with Gasteiger partial charge in [-0.3, -0.25) is 0 Å². The zero-order valence-corrected chi connectivity index (χ0v) is 35.8. The Bertz CT molecular complexity index is 1070. The first-order valence-corrected chi connectivity index (χ1v) is 25.4. The molecule has 0 aromatic heterocycles. The Balaban J connectivity index is 1.84.